The van der Waals surface area contributed by atoms with Gasteiger partial charge in [-0.3, -0.25) is 10.1 Å². The van der Waals surface area contributed by atoms with Crippen molar-refractivity contribution in [1.29, 1.82) is 0 Å². The molecule has 0 aliphatic carbocycles. The van der Waals surface area contributed by atoms with Gasteiger partial charge in [0, 0.05) is 24.8 Å². The van der Waals surface area contributed by atoms with Crippen LogP contribution in [0.4, 0.5) is 11.4 Å². The summed E-state index contributed by atoms with van der Waals surface area (Å²) in [5.74, 6) is 0.623. The number of anilines is 1. The first kappa shape index (κ1) is 14.1. The predicted octanol–water partition coefficient (Wildman–Crippen LogP) is 2.92. The molecule has 0 bridgehead atoms. The summed E-state index contributed by atoms with van der Waals surface area (Å²) < 4.78 is 0. The smallest absolute Gasteiger partial charge is 0.288 e. The minimum Gasteiger partial charge on any atom is -0.384 e. The number of nitro groups is 1. The molecule has 0 saturated carbocycles. The molecule has 1 unspecified atom stereocenters. The Morgan fingerprint density at radius 2 is 2.32 bits per heavy atom. The Morgan fingerprint density at radius 3 is 2.89 bits per heavy atom. The molecule has 0 radical (unpaired) electrons. The fourth-order valence-corrected chi connectivity index (χ4v) is 2.68. The van der Waals surface area contributed by atoms with Gasteiger partial charge in [0.05, 0.1) is 4.92 Å². The zero-order chi connectivity index (χ0) is 14.0. The van der Waals surface area contributed by atoms with Gasteiger partial charge in [-0.15, -0.1) is 0 Å². The average Bonchev–Trinajstić information content (AvgIpc) is 2.75. The van der Waals surface area contributed by atoms with Crippen molar-refractivity contribution in [1.82, 2.24) is 4.90 Å². The van der Waals surface area contributed by atoms with Gasteiger partial charge in [-0.25, -0.2) is 0 Å². The maximum absolute atomic E-state index is 10.8. The Morgan fingerprint density at radius 1 is 1.58 bits per heavy atom. The lowest BCUT2D eigenvalue weighted by Crippen LogP contribution is -2.19. The van der Waals surface area contributed by atoms with Gasteiger partial charge in [-0.05, 0) is 44.5 Å². The van der Waals surface area contributed by atoms with Gasteiger partial charge < -0.3 is 10.2 Å². The number of benzene rings is 1. The highest BCUT2D eigenvalue weighted by Gasteiger charge is 2.20. The first-order valence-electron chi connectivity index (χ1n) is 6.34. The number of nitrogens with zero attached hydrogens (tertiary/aromatic N) is 2. The number of aryl methyl sites for hydroxylation is 1. The Hall–Kier alpha value is -1.33. The van der Waals surface area contributed by atoms with E-state index in [0.717, 1.165) is 30.9 Å². The van der Waals surface area contributed by atoms with E-state index >= 15 is 0 Å². The second-order valence-electron chi connectivity index (χ2n) is 5.17. The van der Waals surface area contributed by atoms with Crippen molar-refractivity contribution in [2.24, 2.45) is 5.92 Å². The molecule has 19 heavy (non-hydrogen) atoms. The van der Waals surface area contributed by atoms with E-state index < -0.39 is 4.92 Å². The fourth-order valence-electron chi connectivity index (χ4n) is 2.44. The molecule has 1 N–H and O–H groups in total. The number of hydrogen-bond acceptors (Lipinski definition) is 4. The molecule has 0 spiro atoms. The third-order valence-corrected chi connectivity index (χ3v) is 3.86. The van der Waals surface area contributed by atoms with Gasteiger partial charge in [-0.1, -0.05) is 11.6 Å². The Balaban J connectivity index is 2.04. The molecule has 1 aliphatic heterocycles. The van der Waals surface area contributed by atoms with E-state index in [2.05, 4.69) is 17.3 Å². The lowest BCUT2D eigenvalue weighted by atomic mass is 10.1. The summed E-state index contributed by atoms with van der Waals surface area (Å²) in [4.78, 5) is 12.6. The minimum atomic E-state index is -0.453. The minimum absolute atomic E-state index is 0.0367. The maximum atomic E-state index is 10.8. The molecule has 1 aromatic carbocycles. The molecule has 1 heterocycles. The van der Waals surface area contributed by atoms with Crippen LogP contribution in [0, 0.1) is 23.0 Å². The van der Waals surface area contributed by atoms with Gasteiger partial charge in [0.2, 0.25) is 0 Å². The van der Waals surface area contributed by atoms with Crippen LogP contribution in [0.25, 0.3) is 0 Å². The van der Waals surface area contributed by atoms with Crippen molar-refractivity contribution in [3.8, 4) is 0 Å². The van der Waals surface area contributed by atoms with Crippen LogP contribution in [0.5, 0.6) is 0 Å². The molecule has 0 amide bonds. The maximum Gasteiger partial charge on any atom is 0.288 e. The summed E-state index contributed by atoms with van der Waals surface area (Å²) in [5, 5.41) is 14.3. The van der Waals surface area contributed by atoms with Gasteiger partial charge in [0.1, 0.15) is 5.02 Å². The molecule has 1 aromatic rings. The van der Waals surface area contributed by atoms with Gasteiger partial charge >= 0.3 is 0 Å². The first-order valence-corrected chi connectivity index (χ1v) is 6.72. The third kappa shape index (κ3) is 3.36. The molecule has 5 nitrogen and oxygen atoms in total. The van der Waals surface area contributed by atoms with Gasteiger partial charge in [-0.2, -0.15) is 0 Å². The standard InChI is InChI=1S/C13H18ClN3O2/c1-9-5-13(17(18)19)11(14)6-12(9)15-7-10-3-4-16(2)8-10/h5-6,10,15H,3-4,7-8H2,1-2H3. The molecule has 1 fully saturated rings. The van der Waals surface area contributed by atoms with Gasteiger partial charge in [0.25, 0.3) is 5.69 Å². The molecule has 1 aliphatic rings. The highest BCUT2D eigenvalue weighted by atomic mass is 35.5. The Bertz CT molecular complexity index is 493. The zero-order valence-corrected chi connectivity index (χ0v) is 11.9. The van der Waals surface area contributed by atoms with Crippen LogP contribution in [0.15, 0.2) is 12.1 Å². The van der Waals surface area contributed by atoms with Crippen LogP contribution in [0.3, 0.4) is 0 Å². The normalized spacial score (nSPS) is 19.6. The number of halogens is 1. The van der Waals surface area contributed by atoms with Crippen molar-refractivity contribution < 1.29 is 4.92 Å². The summed E-state index contributed by atoms with van der Waals surface area (Å²) >= 11 is 5.93. The monoisotopic (exact) mass is 283 g/mol. The largest absolute Gasteiger partial charge is 0.384 e. The van der Waals surface area contributed by atoms with Crippen LogP contribution < -0.4 is 5.32 Å². The van der Waals surface area contributed by atoms with E-state index in [1.54, 1.807) is 6.07 Å². The molecule has 104 valence electrons. The topological polar surface area (TPSA) is 58.4 Å². The predicted molar refractivity (Wildman–Crippen MR) is 76.9 cm³/mol. The number of rotatable bonds is 4. The molecule has 0 aromatic heterocycles. The van der Waals surface area contributed by atoms with E-state index in [1.807, 2.05) is 6.92 Å². The Kier molecular flexibility index (Phi) is 4.27. The Labute approximate surface area is 117 Å². The zero-order valence-electron chi connectivity index (χ0n) is 11.1. The number of nitro benzene ring substituents is 1. The lowest BCUT2D eigenvalue weighted by molar-refractivity contribution is -0.384. The molecule has 6 heteroatoms. The lowest BCUT2D eigenvalue weighted by Gasteiger charge is -2.14. The van der Waals surface area contributed by atoms with E-state index in [-0.39, 0.29) is 10.7 Å². The van der Waals surface area contributed by atoms with Crippen molar-refractivity contribution in [2.75, 3.05) is 32.0 Å². The molecule has 1 atom stereocenters. The molecule has 1 saturated heterocycles. The third-order valence-electron chi connectivity index (χ3n) is 3.56. The second kappa shape index (κ2) is 5.75. The van der Waals surface area contributed by atoms with Crippen LogP contribution in [-0.4, -0.2) is 36.5 Å². The van der Waals surface area contributed by atoms with Crippen LogP contribution >= 0.6 is 11.6 Å². The molecular weight excluding hydrogens is 266 g/mol. The van der Waals surface area contributed by atoms with E-state index in [0.29, 0.717) is 5.92 Å². The number of hydrogen-bond donors (Lipinski definition) is 1. The quantitative estimate of drug-likeness (QED) is 0.682. The first-order chi connectivity index (χ1) is 8.97. The van der Waals surface area contributed by atoms with Gasteiger partial charge in [0.15, 0.2) is 0 Å². The highest BCUT2D eigenvalue weighted by molar-refractivity contribution is 6.33. The van der Waals surface area contributed by atoms with Crippen LogP contribution in [-0.2, 0) is 0 Å². The van der Waals surface area contributed by atoms with Crippen molar-refractivity contribution in [3.05, 3.63) is 32.8 Å². The summed E-state index contributed by atoms with van der Waals surface area (Å²) in [6.07, 6.45) is 1.18. The number of likely N-dealkylation sites (tertiary alicyclic amines) is 1. The number of nitrogens with one attached hydrogen (secondary N) is 1. The highest BCUT2D eigenvalue weighted by Crippen LogP contribution is 2.30. The van der Waals surface area contributed by atoms with Crippen LogP contribution in [0.1, 0.15) is 12.0 Å². The van der Waals surface area contributed by atoms with Crippen LogP contribution in [0.2, 0.25) is 5.02 Å². The van der Waals surface area contributed by atoms with Crippen molar-refractivity contribution in [3.63, 3.8) is 0 Å². The SMILES string of the molecule is Cc1cc([N+](=O)[O-])c(Cl)cc1NCC1CCN(C)C1. The molecule has 2 rings (SSSR count). The van der Waals surface area contributed by atoms with E-state index in [4.69, 9.17) is 11.6 Å². The average molecular weight is 284 g/mol. The second-order valence-corrected chi connectivity index (χ2v) is 5.58. The van der Waals surface area contributed by atoms with Crippen molar-refractivity contribution >= 4 is 23.0 Å². The summed E-state index contributed by atoms with van der Waals surface area (Å²) in [6, 6.07) is 3.17. The van der Waals surface area contributed by atoms with E-state index in [1.165, 1.54) is 12.5 Å². The molecular formula is C13H18ClN3O2. The van der Waals surface area contributed by atoms with E-state index in [9.17, 15) is 10.1 Å². The summed E-state index contributed by atoms with van der Waals surface area (Å²) in [6.45, 7) is 4.95. The summed E-state index contributed by atoms with van der Waals surface area (Å²) in [5.41, 5.74) is 1.69. The fraction of sp³-hybridized carbons (Fsp3) is 0.538. The summed E-state index contributed by atoms with van der Waals surface area (Å²) in [7, 11) is 2.12. The van der Waals surface area contributed by atoms with Crippen molar-refractivity contribution in [2.45, 2.75) is 13.3 Å².